The summed E-state index contributed by atoms with van der Waals surface area (Å²) in [6.07, 6.45) is 0.934. The lowest BCUT2D eigenvalue weighted by molar-refractivity contribution is -0.134. The average Bonchev–Trinajstić information content (AvgIpc) is 2.55. The average molecular weight is 282 g/mol. The van der Waals surface area contributed by atoms with Crippen LogP contribution in [-0.4, -0.2) is 18.9 Å². The number of anilines is 2. The van der Waals surface area contributed by atoms with E-state index in [4.69, 9.17) is 0 Å². The highest BCUT2D eigenvalue weighted by Crippen LogP contribution is 2.13. The molecule has 0 radical (unpaired) electrons. The Morgan fingerprint density at radius 3 is 2.19 bits per heavy atom. The summed E-state index contributed by atoms with van der Waals surface area (Å²) in [5, 5.41) is 2.61. The lowest BCUT2D eigenvalue weighted by atomic mass is 10.1. The molecular weight excluding hydrogens is 264 g/mol. The van der Waals surface area contributed by atoms with Crippen molar-refractivity contribution < 1.29 is 9.59 Å². The van der Waals surface area contributed by atoms with Crippen LogP contribution in [0.3, 0.4) is 0 Å². The quantitative estimate of drug-likeness (QED) is 0.880. The van der Waals surface area contributed by atoms with Crippen molar-refractivity contribution in [3.63, 3.8) is 0 Å². The Hall–Kier alpha value is -2.62. The zero-order valence-corrected chi connectivity index (χ0v) is 12.2. The van der Waals surface area contributed by atoms with Gasteiger partial charge in [0, 0.05) is 18.4 Å². The second-order valence-corrected chi connectivity index (χ2v) is 4.70. The molecule has 0 aromatic heterocycles. The molecule has 0 unspecified atom stereocenters. The van der Waals surface area contributed by atoms with Gasteiger partial charge in [0.05, 0.1) is 0 Å². The minimum absolute atomic E-state index is 0.597. The van der Waals surface area contributed by atoms with Gasteiger partial charge in [-0.3, -0.25) is 9.59 Å². The van der Waals surface area contributed by atoms with Crippen LogP contribution < -0.4 is 10.2 Å². The summed E-state index contributed by atoms with van der Waals surface area (Å²) in [5.41, 5.74) is 2.48. The maximum Gasteiger partial charge on any atom is 0.316 e. The summed E-state index contributed by atoms with van der Waals surface area (Å²) in [7, 11) is 1.58. The second-order valence-electron chi connectivity index (χ2n) is 4.70. The molecule has 2 aromatic carbocycles. The monoisotopic (exact) mass is 282 g/mol. The maximum absolute atomic E-state index is 12.1. The van der Waals surface area contributed by atoms with E-state index < -0.39 is 11.8 Å². The Balaban J connectivity index is 2.03. The van der Waals surface area contributed by atoms with Crippen molar-refractivity contribution in [2.45, 2.75) is 13.3 Å². The van der Waals surface area contributed by atoms with Gasteiger partial charge in [-0.2, -0.15) is 0 Å². The van der Waals surface area contributed by atoms with Crippen LogP contribution >= 0.6 is 0 Å². The number of hydrogen-bond donors (Lipinski definition) is 1. The molecule has 2 rings (SSSR count). The summed E-state index contributed by atoms with van der Waals surface area (Å²) >= 11 is 0. The van der Waals surface area contributed by atoms with Gasteiger partial charge >= 0.3 is 11.8 Å². The number of carbonyl (C=O) groups is 2. The van der Waals surface area contributed by atoms with Gasteiger partial charge in [-0.05, 0) is 36.2 Å². The lowest BCUT2D eigenvalue weighted by Crippen LogP contribution is -2.37. The summed E-state index contributed by atoms with van der Waals surface area (Å²) < 4.78 is 0. The largest absolute Gasteiger partial charge is 0.318 e. The van der Waals surface area contributed by atoms with Gasteiger partial charge < -0.3 is 10.2 Å². The molecule has 21 heavy (non-hydrogen) atoms. The highest BCUT2D eigenvalue weighted by Gasteiger charge is 2.19. The molecule has 108 valence electrons. The number of nitrogens with zero attached hydrogens (tertiary/aromatic N) is 1. The van der Waals surface area contributed by atoms with Crippen LogP contribution in [0.1, 0.15) is 12.5 Å². The first-order valence-electron chi connectivity index (χ1n) is 6.85. The highest BCUT2D eigenvalue weighted by atomic mass is 16.2. The molecule has 2 amide bonds. The van der Waals surface area contributed by atoms with E-state index in [1.165, 1.54) is 10.5 Å². The molecule has 0 heterocycles. The Labute approximate surface area is 124 Å². The van der Waals surface area contributed by atoms with Crippen molar-refractivity contribution in [2.24, 2.45) is 0 Å². The van der Waals surface area contributed by atoms with Crippen LogP contribution in [0.5, 0.6) is 0 Å². The molecule has 0 aliphatic carbocycles. The number of amides is 2. The summed E-state index contributed by atoms with van der Waals surface area (Å²) in [5.74, 6) is -1.24. The standard InChI is InChI=1S/C17H18N2O2/c1-3-13-9-11-14(12-10-13)18-16(20)17(21)19(2)15-7-5-4-6-8-15/h4-12H,3H2,1-2H3,(H,18,20). The summed E-state index contributed by atoms with van der Waals surface area (Å²) in [4.78, 5) is 25.4. The maximum atomic E-state index is 12.1. The van der Waals surface area contributed by atoms with E-state index in [2.05, 4.69) is 12.2 Å². The number of carbonyl (C=O) groups excluding carboxylic acids is 2. The molecule has 0 atom stereocenters. The van der Waals surface area contributed by atoms with Gasteiger partial charge in [0.1, 0.15) is 0 Å². The number of hydrogen-bond acceptors (Lipinski definition) is 2. The number of aryl methyl sites for hydroxylation is 1. The van der Waals surface area contributed by atoms with E-state index in [1.54, 1.807) is 31.3 Å². The van der Waals surface area contributed by atoms with Crippen molar-refractivity contribution in [2.75, 3.05) is 17.3 Å². The van der Waals surface area contributed by atoms with E-state index in [-0.39, 0.29) is 0 Å². The predicted octanol–water partition coefficient (Wildman–Crippen LogP) is 2.85. The lowest BCUT2D eigenvalue weighted by Gasteiger charge is -2.16. The summed E-state index contributed by atoms with van der Waals surface area (Å²) in [6.45, 7) is 2.06. The van der Waals surface area contributed by atoms with Crippen LogP contribution in [0.15, 0.2) is 54.6 Å². The van der Waals surface area contributed by atoms with Gasteiger partial charge in [-0.25, -0.2) is 0 Å². The number of para-hydroxylation sites is 1. The fourth-order valence-corrected chi connectivity index (χ4v) is 1.93. The first-order valence-corrected chi connectivity index (χ1v) is 6.85. The van der Waals surface area contributed by atoms with Crippen LogP contribution in [0.25, 0.3) is 0 Å². The predicted molar refractivity (Wildman–Crippen MR) is 84.3 cm³/mol. The molecule has 0 spiro atoms. The first-order chi connectivity index (χ1) is 10.1. The Morgan fingerprint density at radius 1 is 1.00 bits per heavy atom. The van der Waals surface area contributed by atoms with Crippen LogP contribution in [-0.2, 0) is 16.0 Å². The van der Waals surface area contributed by atoms with Gasteiger partial charge in [-0.1, -0.05) is 37.3 Å². The number of benzene rings is 2. The molecule has 0 saturated carbocycles. The van der Waals surface area contributed by atoms with Crippen molar-refractivity contribution in [3.8, 4) is 0 Å². The molecular formula is C17H18N2O2. The molecule has 1 N–H and O–H groups in total. The fraction of sp³-hybridized carbons (Fsp3) is 0.176. The highest BCUT2D eigenvalue weighted by molar-refractivity contribution is 6.44. The van der Waals surface area contributed by atoms with E-state index in [0.717, 1.165) is 6.42 Å². The molecule has 2 aromatic rings. The van der Waals surface area contributed by atoms with Crippen molar-refractivity contribution in [1.29, 1.82) is 0 Å². The Bertz CT molecular complexity index is 621. The van der Waals surface area contributed by atoms with E-state index in [9.17, 15) is 9.59 Å². The SMILES string of the molecule is CCc1ccc(NC(=O)C(=O)N(C)c2ccccc2)cc1. The van der Waals surface area contributed by atoms with E-state index >= 15 is 0 Å². The molecule has 0 aliphatic heterocycles. The smallest absolute Gasteiger partial charge is 0.316 e. The van der Waals surface area contributed by atoms with Crippen LogP contribution in [0.2, 0.25) is 0 Å². The number of rotatable bonds is 3. The molecule has 4 heteroatoms. The normalized spacial score (nSPS) is 10.0. The Kier molecular flexibility index (Phi) is 4.72. The van der Waals surface area contributed by atoms with Gasteiger partial charge in [0.15, 0.2) is 0 Å². The number of likely N-dealkylation sites (N-methyl/N-ethyl adjacent to an activating group) is 1. The zero-order valence-electron chi connectivity index (χ0n) is 12.2. The van der Waals surface area contributed by atoms with Crippen molar-refractivity contribution in [3.05, 3.63) is 60.2 Å². The molecule has 0 fully saturated rings. The minimum Gasteiger partial charge on any atom is -0.318 e. The van der Waals surface area contributed by atoms with E-state index in [1.807, 2.05) is 30.3 Å². The molecule has 4 nitrogen and oxygen atoms in total. The van der Waals surface area contributed by atoms with Gasteiger partial charge in [0.2, 0.25) is 0 Å². The third-order valence-corrected chi connectivity index (χ3v) is 3.26. The molecule has 0 aliphatic rings. The van der Waals surface area contributed by atoms with Crippen LogP contribution in [0.4, 0.5) is 11.4 Å². The third-order valence-electron chi connectivity index (χ3n) is 3.26. The van der Waals surface area contributed by atoms with Crippen molar-refractivity contribution >= 4 is 23.2 Å². The molecule has 0 bridgehead atoms. The number of nitrogens with one attached hydrogen (secondary N) is 1. The third kappa shape index (κ3) is 3.69. The second kappa shape index (κ2) is 6.70. The molecule has 0 saturated heterocycles. The Morgan fingerprint density at radius 2 is 1.62 bits per heavy atom. The topological polar surface area (TPSA) is 49.4 Å². The zero-order chi connectivity index (χ0) is 15.2. The van der Waals surface area contributed by atoms with Crippen LogP contribution in [0, 0.1) is 0 Å². The van der Waals surface area contributed by atoms with E-state index in [0.29, 0.717) is 11.4 Å². The first kappa shape index (κ1) is 14.8. The summed E-state index contributed by atoms with van der Waals surface area (Å²) in [6, 6.07) is 16.5. The minimum atomic E-state index is -0.648. The fourth-order valence-electron chi connectivity index (χ4n) is 1.93. The van der Waals surface area contributed by atoms with Gasteiger partial charge in [0.25, 0.3) is 0 Å². The van der Waals surface area contributed by atoms with Crippen molar-refractivity contribution in [1.82, 2.24) is 0 Å². The van der Waals surface area contributed by atoms with Gasteiger partial charge in [-0.15, -0.1) is 0 Å².